The molecule has 0 bridgehead atoms. The second-order valence-corrected chi connectivity index (χ2v) is 6.86. The average Bonchev–Trinajstić information content (AvgIpc) is 3.11. The molecule has 0 N–H and O–H groups in total. The monoisotopic (exact) mass is 342 g/mol. The first-order chi connectivity index (χ1) is 11.7. The van der Waals surface area contributed by atoms with Gasteiger partial charge in [-0.15, -0.1) is 11.3 Å². The van der Waals surface area contributed by atoms with Crippen molar-refractivity contribution in [3.05, 3.63) is 62.6 Å². The van der Waals surface area contributed by atoms with Gasteiger partial charge >= 0.3 is 0 Å². The number of thiazole rings is 1. The van der Waals surface area contributed by atoms with E-state index in [1.165, 1.54) is 0 Å². The number of pyridine rings is 1. The third-order valence-electron chi connectivity index (χ3n) is 4.20. The van der Waals surface area contributed by atoms with Crippen LogP contribution in [0.3, 0.4) is 0 Å². The predicted molar refractivity (Wildman–Crippen MR) is 92.3 cm³/mol. The molecule has 0 spiro atoms. The van der Waals surface area contributed by atoms with Gasteiger partial charge in [0.2, 0.25) is 0 Å². The standard InChI is InChI=1S/C17H18N4O2S/c1-12-3-2-5-21-15(22)9-13(19-16(12)21)10-20-6-7-23-14(11-20)17-18-4-8-24-17/h2-5,8-9,14H,6-7,10-11H2,1H3. The van der Waals surface area contributed by atoms with Gasteiger partial charge in [0.15, 0.2) is 0 Å². The summed E-state index contributed by atoms with van der Waals surface area (Å²) in [5, 5.41) is 2.97. The summed E-state index contributed by atoms with van der Waals surface area (Å²) in [5.74, 6) is 0. The molecule has 1 aliphatic rings. The molecule has 1 saturated heterocycles. The zero-order chi connectivity index (χ0) is 16.5. The zero-order valence-corrected chi connectivity index (χ0v) is 14.2. The van der Waals surface area contributed by atoms with Crippen LogP contribution in [0.25, 0.3) is 5.65 Å². The maximum absolute atomic E-state index is 12.3. The minimum Gasteiger partial charge on any atom is -0.368 e. The van der Waals surface area contributed by atoms with Gasteiger partial charge < -0.3 is 4.74 Å². The molecule has 0 amide bonds. The fourth-order valence-corrected chi connectivity index (χ4v) is 3.69. The molecule has 0 radical (unpaired) electrons. The van der Waals surface area contributed by atoms with Gasteiger partial charge in [-0.2, -0.15) is 0 Å². The van der Waals surface area contributed by atoms with Crippen molar-refractivity contribution in [2.24, 2.45) is 0 Å². The summed E-state index contributed by atoms with van der Waals surface area (Å²) in [6.07, 6.45) is 3.56. The molecule has 124 valence electrons. The van der Waals surface area contributed by atoms with Crippen LogP contribution in [-0.4, -0.2) is 39.0 Å². The van der Waals surface area contributed by atoms with Crippen LogP contribution in [0.2, 0.25) is 0 Å². The lowest BCUT2D eigenvalue weighted by atomic mass is 10.2. The van der Waals surface area contributed by atoms with Crippen LogP contribution < -0.4 is 5.56 Å². The first-order valence-electron chi connectivity index (χ1n) is 7.92. The third kappa shape index (κ3) is 2.98. The number of nitrogens with zero attached hydrogens (tertiary/aromatic N) is 4. The van der Waals surface area contributed by atoms with E-state index >= 15 is 0 Å². The number of aryl methyl sites for hydroxylation is 1. The number of hydrogen-bond acceptors (Lipinski definition) is 6. The Morgan fingerprint density at radius 2 is 2.38 bits per heavy atom. The fraction of sp³-hybridized carbons (Fsp3) is 0.353. The van der Waals surface area contributed by atoms with E-state index < -0.39 is 0 Å². The zero-order valence-electron chi connectivity index (χ0n) is 13.4. The van der Waals surface area contributed by atoms with Gasteiger partial charge in [-0.25, -0.2) is 9.97 Å². The van der Waals surface area contributed by atoms with E-state index in [0.717, 1.165) is 35.0 Å². The highest BCUT2D eigenvalue weighted by molar-refractivity contribution is 7.09. The maximum atomic E-state index is 12.3. The van der Waals surface area contributed by atoms with Crippen LogP contribution >= 0.6 is 11.3 Å². The molecule has 24 heavy (non-hydrogen) atoms. The molecule has 3 aromatic heterocycles. The summed E-state index contributed by atoms with van der Waals surface area (Å²) in [5.41, 5.74) is 2.49. The molecule has 3 aromatic rings. The van der Waals surface area contributed by atoms with Crippen molar-refractivity contribution in [2.45, 2.75) is 19.6 Å². The Morgan fingerprint density at radius 1 is 1.46 bits per heavy atom. The molecule has 0 saturated carbocycles. The summed E-state index contributed by atoms with van der Waals surface area (Å²) >= 11 is 1.61. The van der Waals surface area contributed by atoms with Gasteiger partial charge in [-0.3, -0.25) is 14.1 Å². The van der Waals surface area contributed by atoms with E-state index in [-0.39, 0.29) is 11.7 Å². The van der Waals surface area contributed by atoms with Crippen LogP contribution in [0.1, 0.15) is 22.4 Å². The van der Waals surface area contributed by atoms with Gasteiger partial charge in [-0.05, 0) is 18.6 Å². The first-order valence-corrected chi connectivity index (χ1v) is 8.80. The molecular formula is C17H18N4O2S. The summed E-state index contributed by atoms with van der Waals surface area (Å²) < 4.78 is 7.42. The summed E-state index contributed by atoms with van der Waals surface area (Å²) in [6, 6.07) is 5.46. The predicted octanol–water partition coefficient (Wildman–Crippen LogP) is 2.03. The quantitative estimate of drug-likeness (QED) is 0.729. The van der Waals surface area contributed by atoms with Crippen molar-refractivity contribution < 1.29 is 4.74 Å². The Bertz CT molecular complexity index is 907. The second kappa shape index (κ2) is 6.43. The topological polar surface area (TPSA) is 59.7 Å². The Kier molecular flexibility index (Phi) is 4.13. The van der Waals surface area contributed by atoms with Crippen LogP contribution in [0, 0.1) is 6.92 Å². The highest BCUT2D eigenvalue weighted by atomic mass is 32.1. The van der Waals surface area contributed by atoms with Crippen molar-refractivity contribution in [1.82, 2.24) is 19.3 Å². The number of rotatable bonds is 3. The molecular weight excluding hydrogens is 324 g/mol. The minimum absolute atomic E-state index is 0.00189. The molecule has 0 aromatic carbocycles. The lowest BCUT2D eigenvalue weighted by Gasteiger charge is -2.31. The van der Waals surface area contributed by atoms with Crippen LogP contribution in [0.15, 0.2) is 40.8 Å². The minimum atomic E-state index is -0.0385. The molecule has 4 rings (SSSR count). The summed E-state index contributed by atoms with van der Waals surface area (Å²) in [7, 11) is 0. The Hall–Kier alpha value is -2.09. The van der Waals surface area contributed by atoms with Crippen molar-refractivity contribution in [3.8, 4) is 0 Å². The van der Waals surface area contributed by atoms with Gasteiger partial charge in [-0.1, -0.05) is 6.07 Å². The number of ether oxygens (including phenoxy) is 1. The molecule has 0 aliphatic carbocycles. The molecule has 4 heterocycles. The number of aromatic nitrogens is 3. The van der Waals surface area contributed by atoms with Crippen LogP contribution in [0.4, 0.5) is 0 Å². The third-order valence-corrected chi connectivity index (χ3v) is 5.07. The lowest BCUT2D eigenvalue weighted by Crippen LogP contribution is -2.38. The van der Waals surface area contributed by atoms with Crippen molar-refractivity contribution in [1.29, 1.82) is 0 Å². The molecule has 1 aliphatic heterocycles. The molecule has 1 unspecified atom stereocenters. The molecule has 1 fully saturated rings. The Labute approximate surface area is 143 Å². The SMILES string of the molecule is Cc1cccn2c(=O)cc(CN3CCOC(c4nccs4)C3)nc12. The van der Waals surface area contributed by atoms with Crippen molar-refractivity contribution in [2.75, 3.05) is 19.7 Å². The first kappa shape index (κ1) is 15.4. The van der Waals surface area contributed by atoms with E-state index in [0.29, 0.717) is 13.2 Å². The molecule has 7 heteroatoms. The van der Waals surface area contributed by atoms with Crippen molar-refractivity contribution in [3.63, 3.8) is 0 Å². The van der Waals surface area contributed by atoms with Gasteiger partial charge in [0.25, 0.3) is 5.56 Å². The van der Waals surface area contributed by atoms with Gasteiger partial charge in [0.1, 0.15) is 16.8 Å². The smallest absolute Gasteiger partial charge is 0.258 e. The number of hydrogen-bond donors (Lipinski definition) is 0. The van der Waals surface area contributed by atoms with E-state index in [9.17, 15) is 4.79 Å². The average molecular weight is 342 g/mol. The van der Waals surface area contributed by atoms with Crippen LogP contribution in [0.5, 0.6) is 0 Å². The number of fused-ring (bicyclic) bond motifs is 1. The molecule has 1 atom stereocenters. The van der Waals surface area contributed by atoms with Gasteiger partial charge in [0.05, 0.1) is 12.3 Å². The van der Waals surface area contributed by atoms with E-state index in [4.69, 9.17) is 4.74 Å². The highest BCUT2D eigenvalue weighted by Gasteiger charge is 2.24. The normalized spacial score (nSPS) is 19.0. The molecule has 6 nitrogen and oxygen atoms in total. The van der Waals surface area contributed by atoms with Crippen LogP contribution in [-0.2, 0) is 11.3 Å². The fourth-order valence-electron chi connectivity index (χ4n) is 3.01. The highest BCUT2D eigenvalue weighted by Crippen LogP contribution is 2.24. The maximum Gasteiger partial charge on any atom is 0.258 e. The Morgan fingerprint density at radius 3 is 3.21 bits per heavy atom. The number of morpholine rings is 1. The second-order valence-electron chi connectivity index (χ2n) is 5.94. The Balaban J connectivity index is 1.58. The summed E-state index contributed by atoms with van der Waals surface area (Å²) in [4.78, 5) is 23.6. The largest absolute Gasteiger partial charge is 0.368 e. The lowest BCUT2D eigenvalue weighted by molar-refractivity contribution is -0.0333. The van der Waals surface area contributed by atoms with E-state index in [1.807, 2.05) is 24.4 Å². The van der Waals surface area contributed by atoms with E-state index in [2.05, 4.69) is 14.9 Å². The summed E-state index contributed by atoms with van der Waals surface area (Å²) in [6.45, 7) is 4.87. The van der Waals surface area contributed by atoms with E-state index in [1.54, 1.807) is 34.2 Å². The van der Waals surface area contributed by atoms with Gasteiger partial charge in [0, 0.05) is 43.5 Å². The van der Waals surface area contributed by atoms with Crippen molar-refractivity contribution >= 4 is 17.0 Å².